The molecule has 1 aromatic rings. The summed E-state index contributed by atoms with van der Waals surface area (Å²) in [4.78, 5) is 2.38. The van der Waals surface area contributed by atoms with Gasteiger partial charge in [-0.05, 0) is 89.5 Å². The third-order valence-electron chi connectivity index (χ3n) is 5.12. The maximum Gasteiger partial charge on any atom is 0.0291 e. The van der Waals surface area contributed by atoms with Crippen LogP contribution in [0.5, 0.6) is 0 Å². The van der Waals surface area contributed by atoms with Gasteiger partial charge in [-0.3, -0.25) is 0 Å². The van der Waals surface area contributed by atoms with E-state index in [1.807, 2.05) is 7.05 Å². The largest absolute Gasteiger partial charge is 0.313 e. The molecule has 0 radical (unpaired) electrons. The molecule has 0 aliphatic heterocycles. The van der Waals surface area contributed by atoms with E-state index in [2.05, 4.69) is 84.8 Å². The topological polar surface area (TPSA) is 15.3 Å². The van der Waals surface area contributed by atoms with Gasteiger partial charge in [-0.1, -0.05) is 66.0 Å². The van der Waals surface area contributed by atoms with Crippen LogP contribution in [0.25, 0.3) is 0 Å². The first-order valence-electron chi connectivity index (χ1n) is 11.3. The van der Waals surface area contributed by atoms with Gasteiger partial charge in [-0.25, -0.2) is 0 Å². The van der Waals surface area contributed by atoms with E-state index in [1.165, 1.54) is 67.3 Å². The maximum atomic E-state index is 3.33. The van der Waals surface area contributed by atoms with Gasteiger partial charge in [0.15, 0.2) is 0 Å². The van der Waals surface area contributed by atoms with Gasteiger partial charge in [-0.2, -0.15) is 0 Å². The van der Waals surface area contributed by atoms with Crippen LogP contribution in [0.1, 0.15) is 102 Å². The zero-order chi connectivity index (χ0) is 21.2. The number of hydrogen-bond acceptors (Lipinski definition) is 2. The summed E-state index contributed by atoms with van der Waals surface area (Å²) in [6, 6.07) is 5.06. The summed E-state index contributed by atoms with van der Waals surface area (Å²) in [5.41, 5.74) is 5.89. The first-order valence-corrected chi connectivity index (χ1v) is 11.3. The van der Waals surface area contributed by atoms with Crippen molar-refractivity contribution in [3.05, 3.63) is 34.4 Å². The average Bonchev–Trinajstić information content (AvgIpc) is 2.68. The maximum absolute atomic E-state index is 3.33. The molecule has 1 N–H and O–H groups in total. The van der Waals surface area contributed by atoms with E-state index in [0.29, 0.717) is 6.04 Å². The summed E-state index contributed by atoms with van der Waals surface area (Å²) >= 11 is 0. The number of aryl methyl sites for hydroxylation is 1. The predicted molar refractivity (Wildman–Crippen MR) is 126 cm³/mol. The Morgan fingerprint density at radius 1 is 0.926 bits per heavy atom. The molecule has 160 valence electrons. The third-order valence-corrected chi connectivity index (χ3v) is 5.12. The minimum absolute atomic E-state index is 0.431. The number of rotatable bonds is 9. The highest BCUT2D eigenvalue weighted by atomic mass is 15.1. The van der Waals surface area contributed by atoms with E-state index in [4.69, 9.17) is 0 Å². The highest BCUT2D eigenvalue weighted by molar-refractivity contribution is 5.40. The van der Waals surface area contributed by atoms with Gasteiger partial charge in [-0.15, -0.1) is 0 Å². The van der Waals surface area contributed by atoms with Gasteiger partial charge >= 0.3 is 0 Å². The van der Waals surface area contributed by atoms with Crippen LogP contribution >= 0.6 is 0 Å². The van der Waals surface area contributed by atoms with Crippen LogP contribution in [0.3, 0.4) is 0 Å². The molecule has 27 heavy (non-hydrogen) atoms. The summed E-state index contributed by atoms with van der Waals surface area (Å²) in [6.07, 6.45) is 7.67. The lowest BCUT2D eigenvalue weighted by atomic mass is 9.92. The van der Waals surface area contributed by atoms with Crippen LogP contribution in [0.15, 0.2) is 12.1 Å². The van der Waals surface area contributed by atoms with Crippen LogP contribution in [0.2, 0.25) is 0 Å². The second-order valence-corrected chi connectivity index (χ2v) is 7.63. The third kappa shape index (κ3) is 13.0. The molecule has 0 saturated heterocycles. The van der Waals surface area contributed by atoms with Crippen molar-refractivity contribution in [3.8, 4) is 0 Å². The van der Waals surface area contributed by atoms with Crippen LogP contribution in [-0.2, 0) is 6.42 Å². The monoisotopic (exact) mass is 378 g/mol. The fraction of sp³-hybridized carbons (Fsp3) is 0.760. The standard InChI is InChI=1S/C18H32N2.C4H10.C3H8/c1-7-20(6)13-9-8-10-17-11-12-18(16(4)19-5)15(3)14(17)2;1-3-4-2;1-3-2/h11-12,16,19H,7-10,13H2,1-6H3;3-4H2,1-2H3;3H2,1-2H3. The predicted octanol–water partition coefficient (Wildman–Crippen LogP) is 7.08. The molecule has 2 heteroatoms. The molecule has 0 saturated carbocycles. The molecule has 1 atom stereocenters. The molecule has 0 fully saturated rings. The van der Waals surface area contributed by atoms with E-state index in [-0.39, 0.29) is 0 Å². The summed E-state index contributed by atoms with van der Waals surface area (Å²) in [5, 5.41) is 3.33. The zero-order valence-corrected chi connectivity index (χ0v) is 20.3. The van der Waals surface area contributed by atoms with Crippen molar-refractivity contribution >= 4 is 0 Å². The summed E-state index contributed by atoms with van der Waals surface area (Å²) in [6.45, 7) is 19.9. The molecule has 0 aromatic heterocycles. The lowest BCUT2D eigenvalue weighted by Crippen LogP contribution is -2.18. The molecular weight excluding hydrogens is 328 g/mol. The fourth-order valence-corrected chi connectivity index (χ4v) is 2.65. The summed E-state index contributed by atoms with van der Waals surface area (Å²) in [7, 11) is 4.22. The molecule has 0 spiro atoms. The van der Waals surface area contributed by atoms with Crippen molar-refractivity contribution < 1.29 is 0 Å². The molecule has 1 unspecified atom stereocenters. The van der Waals surface area contributed by atoms with E-state index in [0.717, 1.165) is 6.54 Å². The molecular formula is C25H50N2. The van der Waals surface area contributed by atoms with Crippen LogP contribution < -0.4 is 5.32 Å². The summed E-state index contributed by atoms with van der Waals surface area (Å²) in [5.74, 6) is 0. The van der Waals surface area contributed by atoms with Gasteiger partial charge in [0.05, 0.1) is 0 Å². The number of benzene rings is 1. The SMILES string of the molecule is CCC.CCCC.CCN(C)CCCCc1ccc(C(C)NC)c(C)c1C. The lowest BCUT2D eigenvalue weighted by Gasteiger charge is -2.18. The van der Waals surface area contributed by atoms with Crippen molar-refractivity contribution in [3.63, 3.8) is 0 Å². The van der Waals surface area contributed by atoms with Gasteiger partial charge in [0, 0.05) is 6.04 Å². The molecule has 2 nitrogen and oxygen atoms in total. The second-order valence-electron chi connectivity index (χ2n) is 7.63. The minimum Gasteiger partial charge on any atom is -0.313 e. The molecule has 0 aliphatic carbocycles. The number of nitrogens with one attached hydrogen (secondary N) is 1. The molecule has 0 aliphatic rings. The Morgan fingerprint density at radius 2 is 1.48 bits per heavy atom. The highest BCUT2D eigenvalue weighted by Crippen LogP contribution is 2.24. The van der Waals surface area contributed by atoms with Gasteiger partial charge < -0.3 is 10.2 Å². The Balaban J connectivity index is 0. The van der Waals surface area contributed by atoms with Crippen LogP contribution in [-0.4, -0.2) is 32.1 Å². The minimum atomic E-state index is 0.431. The van der Waals surface area contributed by atoms with E-state index >= 15 is 0 Å². The van der Waals surface area contributed by atoms with E-state index in [9.17, 15) is 0 Å². The van der Waals surface area contributed by atoms with Crippen LogP contribution in [0.4, 0.5) is 0 Å². The zero-order valence-electron chi connectivity index (χ0n) is 20.3. The van der Waals surface area contributed by atoms with Crippen molar-refractivity contribution in [1.29, 1.82) is 0 Å². The van der Waals surface area contributed by atoms with Crippen LogP contribution in [0, 0.1) is 13.8 Å². The van der Waals surface area contributed by atoms with E-state index < -0.39 is 0 Å². The Labute approximate surface area is 172 Å². The quantitative estimate of drug-likeness (QED) is 0.462. The molecule has 1 rings (SSSR count). The normalized spacial score (nSPS) is 11.4. The number of nitrogens with zero attached hydrogens (tertiary/aromatic N) is 1. The Hall–Kier alpha value is -0.860. The van der Waals surface area contributed by atoms with Crippen molar-refractivity contribution in [1.82, 2.24) is 10.2 Å². The fourth-order valence-electron chi connectivity index (χ4n) is 2.65. The van der Waals surface area contributed by atoms with Gasteiger partial charge in [0.1, 0.15) is 0 Å². The molecule has 1 aromatic carbocycles. The van der Waals surface area contributed by atoms with Gasteiger partial charge in [0.2, 0.25) is 0 Å². The average molecular weight is 379 g/mol. The van der Waals surface area contributed by atoms with E-state index in [1.54, 1.807) is 0 Å². The molecule has 0 heterocycles. The van der Waals surface area contributed by atoms with Crippen molar-refractivity contribution in [2.75, 3.05) is 27.2 Å². The van der Waals surface area contributed by atoms with Gasteiger partial charge in [0.25, 0.3) is 0 Å². The number of unbranched alkanes of at least 4 members (excludes halogenated alkanes) is 2. The molecule has 0 bridgehead atoms. The highest BCUT2D eigenvalue weighted by Gasteiger charge is 2.10. The second kappa shape index (κ2) is 18.5. The number of hydrogen-bond donors (Lipinski definition) is 1. The molecule has 0 amide bonds. The smallest absolute Gasteiger partial charge is 0.0291 e. The summed E-state index contributed by atoms with van der Waals surface area (Å²) < 4.78 is 0. The Bertz CT molecular complexity index is 452. The van der Waals surface area contributed by atoms with Crippen molar-refractivity contribution in [2.24, 2.45) is 0 Å². The lowest BCUT2D eigenvalue weighted by molar-refractivity contribution is 0.343. The first-order chi connectivity index (χ1) is 12.8. The Morgan fingerprint density at radius 3 is 1.93 bits per heavy atom. The first kappa shape index (κ1) is 28.4. The Kier molecular flexibility index (Phi) is 19.4. The van der Waals surface area contributed by atoms with Crippen molar-refractivity contribution in [2.45, 2.75) is 100.0 Å².